The molecule has 2 fully saturated rings. The number of fused-ring (bicyclic) bond motifs is 2. The molecule has 2 unspecified atom stereocenters. The summed E-state index contributed by atoms with van der Waals surface area (Å²) in [7, 11) is 1.43. The molecule has 35 heavy (non-hydrogen) atoms. The van der Waals surface area contributed by atoms with Crippen LogP contribution in [0.3, 0.4) is 0 Å². The summed E-state index contributed by atoms with van der Waals surface area (Å²) in [5.74, 6) is -0.636. The standard InChI is InChI=1S/C22H23Cl2N3O6S2/c1-20(10-25)9-22(35-16(29)8-24)19(31)26(3)21(2,34-15(28)7-23)18(30)27(22)17(20)12-4-5-13-14(6-12)33-11-32-13/h4-6,16-17,29H,7-9,11H2,1-3H3/t16?,17-,20+,21-,22?/m0/s1. The van der Waals surface area contributed by atoms with Crippen LogP contribution >= 0.6 is 46.7 Å². The van der Waals surface area contributed by atoms with E-state index in [4.69, 9.17) is 32.7 Å². The third kappa shape index (κ3) is 3.94. The molecule has 0 saturated carbocycles. The van der Waals surface area contributed by atoms with Crippen LogP contribution in [0.1, 0.15) is 31.9 Å². The molecule has 0 bridgehead atoms. The lowest BCUT2D eigenvalue weighted by Crippen LogP contribution is -2.71. The second-order valence-corrected chi connectivity index (χ2v) is 12.3. The number of nitrogens with zero attached hydrogens (tertiary/aromatic N) is 3. The van der Waals surface area contributed by atoms with Crippen molar-refractivity contribution < 1.29 is 29.0 Å². The number of rotatable bonds is 6. The average Bonchev–Trinajstić information content (AvgIpc) is 3.41. The smallest absolute Gasteiger partial charge is 0.261 e. The van der Waals surface area contributed by atoms with Gasteiger partial charge in [-0.15, -0.1) is 23.2 Å². The number of benzene rings is 1. The van der Waals surface area contributed by atoms with Crippen LogP contribution in [-0.4, -0.2) is 72.6 Å². The van der Waals surface area contributed by atoms with Crippen molar-refractivity contribution >= 4 is 63.7 Å². The molecular formula is C22H23Cl2N3O6S2. The summed E-state index contributed by atoms with van der Waals surface area (Å²) in [6.07, 6.45) is -0.0622. The van der Waals surface area contributed by atoms with E-state index in [1.54, 1.807) is 25.1 Å². The van der Waals surface area contributed by atoms with E-state index in [0.717, 1.165) is 11.8 Å². The van der Waals surface area contributed by atoms with E-state index in [1.165, 1.54) is 23.8 Å². The number of carbonyl (C=O) groups is 3. The molecule has 3 aliphatic heterocycles. The monoisotopic (exact) mass is 559 g/mol. The van der Waals surface area contributed by atoms with Gasteiger partial charge in [-0.2, -0.15) is 5.26 Å². The van der Waals surface area contributed by atoms with E-state index in [1.807, 2.05) is 0 Å². The molecule has 0 radical (unpaired) electrons. The highest BCUT2D eigenvalue weighted by Gasteiger charge is 2.71. The van der Waals surface area contributed by atoms with Crippen molar-refractivity contribution in [1.29, 1.82) is 5.26 Å². The molecule has 1 N–H and O–H groups in total. The number of hydrogen-bond donors (Lipinski definition) is 1. The zero-order valence-electron chi connectivity index (χ0n) is 19.1. The van der Waals surface area contributed by atoms with E-state index in [-0.39, 0.29) is 25.0 Å². The topological polar surface area (TPSA) is 120 Å². The zero-order valence-corrected chi connectivity index (χ0v) is 22.3. The Labute approximate surface area is 221 Å². The highest BCUT2D eigenvalue weighted by Crippen LogP contribution is 2.63. The number of carbonyl (C=O) groups excluding carboxylic acids is 3. The van der Waals surface area contributed by atoms with Crippen LogP contribution in [0.2, 0.25) is 0 Å². The number of aliphatic hydroxyl groups excluding tert-OH is 1. The molecule has 0 aliphatic carbocycles. The van der Waals surface area contributed by atoms with Gasteiger partial charge in [0, 0.05) is 13.5 Å². The van der Waals surface area contributed by atoms with E-state index in [0.29, 0.717) is 28.8 Å². The Morgan fingerprint density at radius 3 is 2.60 bits per heavy atom. The molecule has 3 aliphatic rings. The lowest BCUT2D eigenvalue weighted by Gasteiger charge is -2.53. The van der Waals surface area contributed by atoms with Crippen LogP contribution < -0.4 is 9.47 Å². The van der Waals surface area contributed by atoms with Gasteiger partial charge in [0.05, 0.1) is 29.3 Å². The van der Waals surface area contributed by atoms with Gasteiger partial charge in [-0.3, -0.25) is 14.4 Å². The van der Waals surface area contributed by atoms with Gasteiger partial charge in [0.15, 0.2) is 21.2 Å². The largest absolute Gasteiger partial charge is 0.454 e. The van der Waals surface area contributed by atoms with Crippen molar-refractivity contribution in [3.63, 3.8) is 0 Å². The zero-order chi connectivity index (χ0) is 25.8. The third-order valence-corrected chi connectivity index (χ3v) is 10.0. The molecule has 2 saturated heterocycles. The van der Waals surface area contributed by atoms with Gasteiger partial charge in [0.25, 0.3) is 11.8 Å². The Kier molecular flexibility index (Phi) is 6.92. The highest BCUT2D eigenvalue weighted by molar-refractivity contribution is 8.15. The van der Waals surface area contributed by atoms with E-state index < -0.39 is 43.6 Å². The molecule has 1 aromatic rings. The Morgan fingerprint density at radius 1 is 1.29 bits per heavy atom. The predicted molar refractivity (Wildman–Crippen MR) is 132 cm³/mol. The van der Waals surface area contributed by atoms with Crippen molar-refractivity contribution in [2.24, 2.45) is 5.41 Å². The first-order valence-corrected chi connectivity index (χ1v) is 13.4. The second kappa shape index (κ2) is 9.23. The molecule has 13 heteroatoms. The molecule has 0 spiro atoms. The first-order chi connectivity index (χ1) is 16.5. The van der Waals surface area contributed by atoms with Crippen molar-refractivity contribution in [3.8, 4) is 17.6 Å². The minimum Gasteiger partial charge on any atom is -0.454 e. The van der Waals surface area contributed by atoms with Crippen LogP contribution in [0.25, 0.3) is 0 Å². The summed E-state index contributed by atoms with van der Waals surface area (Å²) >= 11 is 13.1. The van der Waals surface area contributed by atoms with E-state index in [9.17, 15) is 24.8 Å². The van der Waals surface area contributed by atoms with Crippen LogP contribution in [0, 0.1) is 16.7 Å². The van der Waals surface area contributed by atoms with Crippen LogP contribution in [0.5, 0.6) is 11.5 Å². The Balaban J connectivity index is 1.93. The summed E-state index contributed by atoms with van der Waals surface area (Å²) in [4.78, 5) is 39.9. The molecule has 3 heterocycles. The molecule has 188 valence electrons. The maximum absolute atomic E-state index is 14.3. The SMILES string of the molecule is CN1C(=O)C2(SC(O)CCl)C[C@](C)(C#N)[C@H](c3ccc4c(c3)OCO4)N2C(=O)[C@]1(C)SC(=O)CCl. The Hall–Kier alpha value is -1.84. The van der Waals surface area contributed by atoms with Crippen molar-refractivity contribution in [1.82, 2.24) is 9.80 Å². The fourth-order valence-corrected chi connectivity index (χ4v) is 7.62. The van der Waals surface area contributed by atoms with Gasteiger partial charge in [-0.05, 0) is 43.3 Å². The number of aliphatic hydroxyl groups is 1. The molecule has 0 aromatic heterocycles. The maximum atomic E-state index is 14.3. The number of hydrogen-bond acceptors (Lipinski definition) is 9. The van der Waals surface area contributed by atoms with Gasteiger partial charge >= 0.3 is 0 Å². The molecule has 1 aromatic carbocycles. The summed E-state index contributed by atoms with van der Waals surface area (Å²) in [6.45, 7) is 3.19. The van der Waals surface area contributed by atoms with Gasteiger partial charge in [0.2, 0.25) is 11.9 Å². The quantitative estimate of drug-likeness (QED) is 0.414. The predicted octanol–water partition coefficient (Wildman–Crippen LogP) is 2.89. The highest BCUT2D eigenvalue weighted by atomic mass is 35.5. The minimum absolute atomic E-state index is 0.0435. The normalized spacial score (nSPS) is 32.4. The summed E-state index contributed by atoms with van der Waals surface area (Å²) in [5, 5.41) is 20.3. The number of thioether (sulfide) groups is 2. The van der Waals surface area contributed by atoms with Crippen molar-refractivity contribution in [3.05, 3.63) is 23.8 Å². The van der Waals surface area contributed by atoms with Gasteiger partial charge in [-0.25, -0.2) is 0 Å². The first kappa shape index (κ1) is 26.2. The maximum Gasteiger partial charge on any atom is 0.261 e. The number of ether oxygens (including phenoxy) is 2. The Morgan fingerprint density at radius 2 is 1.97 bits per heavy atom. The average molecular weight is 560 g/mol. The van der Waals surface area contributed by atoms with Crippen molar-refractivity contribution in [2.75, 3.05) is 25.6 Å². The number of amides is 2. The number of piperazine rings is 1. The second-order valence-electron chi connectivity index (χ2n) is 8.86. The molecular weight excluding hydrogens is 537 g/mol. The van der Waals surface area contributed by atoms with Gasteiger partial charge in [0.1, 0.15) is 5.44 Å². The number of likely N-dealkylation sites (N-methyl/N-ethyl adjacent to an activating group) is 1. The van der Waals surface area contributed by atoms with Gasteiger partial charge < -0.3 is 24.4 Å². The molecule has 5 atom stereocenters. The summed E-state index contributed by atoms with van der Waals surface area (Å²) in [6, 6.07) is 6.50. The van der Waals surface area contributed by atoms with Gasteiger partial charge in [-0.1, -0.05) is 17.8 Å². The summed E-state index contributed by atoms with van der Waals surface area (Å²) in [5.41, 5.74) is -1.86. The van der Waals surface area contributed by atoms with Crippen LogP contribution in [0.15, 0.2) is 18.2 Å². The fraction of sp³-hybridized carbons (Fsp3) is 0.545. The van der Waals surface area contributed by atoms with Crippen LogP contribution in [-0.2, 0) is 14.4 Å². The third-order valence-electron chi connectivity index (χ3n) is 6.60. The summed E-state index contributed by atoms with van der Waals surface area (Å²) < 4.78 is 10.9. The lowest BCUT2D eigenvalue weighted by molar-refractivity contribution is -0.163. The van der Waals surface area contributed by atoms with Crippen LogP contribution in [0.4, 0.5) is 0 Å². The molecule has 2 amide bonds. The molecule has 9 nitrogen and oxygen atoms in total. The van der Waals surface area contributed by atoms with E-state index in [2.05, 4.69) is 6.07 Å². The number of alkyl halides is 2. The number of nitriles is 1. The fourth-order valence-electron chi connectivity index (χ4n) is 4.92. The van der Waals surface area contributed by atoms with Crippen molar-refractivity contribution in [2.45, 2.75) is 41.5 Å². The first-order valence-electron chi connectivity index (χ1n) is 10.6. The Bertz CT molecular complexity index is 1130. The minimum atomic E-state index is -1.63. The lowest BCUT2D eigenvalue weighted by atomic mass is 9.79. The number of halogens is 2. The van der Waals surface area contributed by atoms with E-state index >= 15 is 0 Å². The molecule has 4 rings (SSSR count).